The number of ether oxygens (including phenoxy) is 2. The number of nitrogens with two attached hydrogens (primary N) is 2. The molecular weight excluding hydrogens is 491 g/mol. The van der Waals surface area contributed by atoms with Gasteiger partial charge in [-0.15, -0.1) is 12.4 Å². The van der Waals surface area contributed by atoms with E-state index in [1.54, 1.807) is 49.4 Å². The molecule has 4 rings (SSSR count). The minimum atomic E-state index is -0.581. The summed E-state index contributed by atoms with van der Waals surface area (Å²) in [4.78, 5) is 21.1. The third-order valence-electron chi connectivity index (χ3n) is 5.47. The number of hydrogen-bond donors (Lipinski definition) is 3. The second-order valence-electron chi connectivity index (χ2n) is 7.62. The molecular formula is C24H26Cl2N6O3. The summed E-state index contributed by atoms with van der Waals surface area (Å²) >= 11 is 6.06. The number of carbonyl (C=O) groups is 1. The van der Waals surface area contributed by atoms with Crippen LogP contribution in [0.25, 0.3) is 16.9 Å². The molecule has 184 valence electrons. The minimum Gasteiger partial charge on any atom is -0.493 e. The number of primary amides is 1. The molecule has 35 heavy (non-hydrogen) atoms. The Kier molecular flexibility index (Phi) is 8.39. The maximum atomic E-state index is 12.0. The summed E-state index contributed by atoms with van der Waals surface area (Å²) in [7, 11) is 3.14. The van der Waals surface area contributed by atoms with Crippen LogP contribution in [0, 0.1) is 0 Å². The Hall–Kier alpha value is -3.53. The lowest BCUT2D eigenvalue weighted by Gasteiger charge is -2.15. The molecule has 9 nitrogen and oxygen atoms in total. The van der Waals surface area contributed by atoms with Crippen LogP contribution < -0.4 is 26.3 Å². The summed E-state index contributed by atoms with van der Waals surface area (Å²) in [5.74, 6) is 1.49. The number of fused-ring (bicyclic) bond motifs is 1. The van der Waals surface area contributed by atoms with Gasteiger partial charge < -0.3 is 26.3 Å². The molecule has 0 unspecified atom stereocenters. The van der Waals surface area contributed by atoms with E-state index in [2.05, 4.69) is 15.3 Å². The van der Waals surface area contributed by atoms with Gasteiger partial charge in [-0.25, -0.2) is 9.97 Å². The zero-order valence-corrected chi connectivity index (χ0v) is 20.8. The molecule has 2 heterocycles. The summed E-state index contributed by atoms with van der Waals surface area (Å²) in [6.07, 6.45) is 2.24. The fraction of sp³-hybridized carbons (Fsp3) is 0.208. The Morgan fingerprint density at radius 2 is 1.89 bits per heavy atom. The lowest BCUT2D eigenvalue weighted by atomic mass is 10.0. The van der Waals surface area contributed by atoms with Crippen LogP contribution in [0.15, 0.2) is 54.9 Å². The van der Waals surface area contributed by atoms with Crippen molar-refractivity contribution < 1.29 is 14.3 Å². The first-order chi connectivity index (χ1) is 16.4. The molecule has 0 fully saturated rings. The number of imidazole rings is 1. The van der Waals surface area contributed by atoms with E-state index in [-0.39, 0.29) is 24.0 Å². The molecule has 1 amide bonds. The fourth-order valence-electron chi connectivity index (χ4n) is 3.69. The number of rotatable bonds is 9. The second-order valence-corrected chi connectivity index (χ2v) is 8.05. The molecule has 1 atom stereocenters. The molecule has 0 spiro atoms. The highest BCUT2D eigenvalue weighted by Crippen LogP contribution is 2.32. The first kappa shape index (κ1) is 26.1. The minimum absolute atomic E-state index is 0. The van der Waals surface area contributed by atoms with Crippen LogP contribution in [-0.2, 0) is 0 Å². The normalized spacial score (nSPS) is 11.5. The maximum absolute atomic E-state index is 12.0. The van der Waals surface area contributed by atoms with Crippen molar-refractivity contribution in [1.29, 1.82) is 0 Å². The van der Waals surface area contributed by atoms with Crippen molar-refractivity contribution in [3.05, 3.63) is 71.0 Å². The summed E-state index contributed by atoms with van der Waals surface area (Å²) in [6.45, 7) is 0.472. The van der Waals surface area contributed by atoms with E-state index in [4.69, 9.17) is 32.5 Å². The van der Waals surface area contributed by atoms with Gasteiger partial charge in [-0.1, -0.05) is 23.7 Å². The van der Waals surface area contributed by atoms with E-state index in [9.17, 15) is 4.79 Å². The molecule has 2 aromatic heterocycles. The second kappa shape index (κ2) is 11.3. The molecule has 0 aliphatic heterocycles. The highest BCUT2D eigenvalue weighted by atomic mass is 35.5. The van der Waals surface area contributed by atoms with Crippen LogP contribution in [0.1, 0.15) is 28.4 Å². The number of nitrogens with zero attached hydrogens (tertiary/aromatic N) is 3. The molecule has 0 aliphatic rings. The number of halogens is 2. The number of carbonyl (C=O) groups excluding carboxylic acids is 1. The van der Waals surface area contributed by atoms with Gasteiger partial charge >= 0.3 is 0 Å². The molecule has 5 N–H and O–H groups in total. The SMILES string of the molecule is COc1cc2ncn(-c3ccc(C(N)=O)c(NCC[C@H](N)c4cccc(Cl)c4)n3)c2cc1OC.Cl. The predicted molar refractivity (Wildman–Crippen MR) is 139 cm³/mol. The van der Waals surface area contributed by atoms with E-state index in [1.807, 2.05) is 24.3 Å². The Bertz CT molecular complexity index is 1340. The number of hydrogen-bond acceptors (Lipinski definition) is 7. The van der Waals surface area contributed by atoms with E-state index < -0.39 is 5.91 Å². The first-order valence-electron chi connectivity index (χ1n) is 10.6. The number of benzene rings is 2. The van der Waals surface area contributed by atoms with E-state index >= 15 is 0 Å². The van der Waals surface area contributed by atoms with Crippen LogP contribution in [0.4, 0.5) is 5.82 Å². The zero-order chi connectivity index (χ0) is 24.2. The van der Waals surface area contributed by atoms with Crippen LogP contribution in [-0.4, -0.2) is 41.2 Å². The lowest BCUT2D eigenvalue weighted by Crippen LogP contribution is -2.19. The highest BCUT2D eigenvalue weighted by molar-refractivity contribution is 6.30. The van der Waals surface area contributed by atoms with Gasteiger partial charge in [-0.2, -0.15) is 0 Å². The quantitative estimate of drug-likeness (QED) is 0.305. The maximum Gasteiger partial charge on any atom is 0.252 e. The van der Waals surface area contributed by atoms with Crippen molar-refractivity contribution in [1.82, 2.24) is 14.5 Å². The number of pyridine rings is 1. The number of amides is 1. The average Bonchev–Trinajstić information content (AvgIpc) is 3.25. The molecule has 4 aromatic rings. The monoisotopic (exact) mass is 516 g/mol. The average molecular weight is 517 g/mol. The van der Waals surface area contributed by atoms with E-state index in [1.165, 1.54) is 0 Å². The lowest BCUT2D eigenvalue weighted by molar-refractivity contribution is 0.100. The van der Waals surface area contributed by atoms with Crippen LogP contribution in [0.3, 0.4) is 0 Å². The predicted octanol–water partition coefficient (Wildman–Crippen LogP) is 4.11. The largest absolute Gasteiger partial charge is 0.493 e. The Labute approximate surface area is 213 Å². The molecule has 2 aromatic carbocycles. The fourth-order valence-corrected chi connectivity index (χ4v) is 3.88. The van der Waals surface area contributed by atoms with Gasteiger partial charge in [0.25, 0.3) is 5.91 Å². The van der Waals surface area contributed by atoms with Gasteiger partial charge in [0.05, 0.1) is 30.8 Å². The van der Waals surface area contributed by atoms with Crippen molar-refractivity contribution in [3.8, 4) is 17.3 Å². The molecule has 0 saturated carbocycles. The molecule has 0 saturated heterocycles. The first-order valence-corrected chi connectivity index (χ1v) is 10.9. The topological polar surface area (TPSA) is 130 Å². The van der Waals surface area contributed by atoms with Crippen LogP contribution in [0.2, 0.25) is 5.02 Å². The van der Waals surface area contributed by atoms with Crippen molar-refractivity contribution in [2.24, 2.45) is 11.5 Å². The van der Waals surface area contributed by atoms with Crippen molar-refractivity contribution in [2.75, 3.05) is 26.1 Å². The summed E-state index contributed by atoms with van der Waals surface area (Å²) < 4.78 is 12.6. The number of anilines is 1. The Morgan fingerprint density at radius 3 is 2.57 bits per heavy atom. The number of nitrogens with one attached hydrogen (secondary N) is 1. The third kappa shape index (κ3) is 5.59. The summed E-state index contributed by atoms with van der Waals surface area (Å²) in [5.41, 5.74) is 14.6. The third-order valence-corrected chi connectivity index (χ3v) is 5.71. The van der Waals surface area contributed by atoms with Crippen LogP contribution in [0.5, 0.6) is 11.5 Å². The van der Waals surface area contributed by atoms with Gasteiger partial charge in [0.1, 0.15) is 18.0 Å². The molecule has 0 aliphatic carbocycles. The number of aromatic nitrogens is 3. The highest BCUT2D eigenvalue weighted by Gasteiger charge is 2.16. The van der Waals surface area contributed by atoms with Gasteiger partial charge in [0.15, 0.2) is 11.5 Å². The molecule has 0 bridgehead atoms. The van der Waals surface area contributed by atoms with Gasteiger partial charge in [-0.05, 0) is 36.2 Å². The summed E-state index contributed by atoms with van der Waals surface area (Å²) in [6, 6.07) is 14.2. The Balaban J connectivity index is 0.00000342. The van der Waals surface area contributed by atoms with Gasteiger partial charge in [0.2, 0.25) is 0 Å². The van der Waals surface area contributed by atoms with E-state index in [0.717, 1.165) is 11.1 Å². The van der Waals surface area contributed by atoms with Crippen molar-refractivity contribution in [2.45, 2.75) is 12.5 Å². The van der Waals surface area contributed by atoms with E-state index in [0.29, 0.717) is 46.6 Å². The van der Waals surface area contributed by atoms with Gasteiger partial charge in [-0.3, -0.25) is 9.36 Å². The smallest absolute Gasteiger partial charge is 0.252 e. The molecule has 11 heteroatoms. The zero-order valence-electron chi connectivity index (χ0n) is 19.2. The molecule has 0 radical (unpaired) electrons. The van der Waals surface area contributed by atoms with Crippen molar-refractivity contribution in [3.63, 3.8) is 0 Å². The van der Waals surface area contributed by atoms with Gasteiger partial charge in [0, 0.05) is 29.7 Å². The standard InChI is InChI=1S/C24H25ClN6O3.ClH/c1-33-20-11-18-19(12-21(20)34-2)31(13-29-18)22-7-6-16(23(27)32)24(30-22)28-9-8-17(26)14-4-3-5-15(25)10-14;/h3-7,10-13,17H,8-9,26H2,1-2H3,(H2,27,32)(H,28,30);1H/t17-;/m0./s1. The Morgan fingerprint density at radius 1 is 1.14 bits per heavy atom. The van der Waals surface area contributed by atoms with Crippen molar-refractivity contribution >= 4 is 46.8 Å². The summed E-state index contributed by atoms with van der Waals surface area (Å²) in [5, 5.41) is 3.83. The van der Waals surface area contributed by atoms with Crippen LogP contribution >= 0.6 is 24.0 Å². The number of methoxy groups -OCH3 is 2.